The van der Waals surface area contributed by atoms with E-state index in [1.54, 1.807) is 4.90 Å². The van der Waals surface area contributed by atoms with Gasteiger partial charge in [-0.1, -0.05) is 6.92 Å². The van der Waals surface area contributed by atoms with Crippen LogP contribution in [0.25, 0.3) is 0 Å². The highest BCUT2D eigenvalue weighted by atomic mass is 16.2. The minimum absolute atomic E-state index is 0.269. The molecule has 84 valence electrons. The van der Waals surface area contributed by atoms with Gasteiger partial charge in [-0.15, -0.1) is 0 Å². The molecule has 1 N–H and O–H groups in total. The van der Waals surface area contributed by atoms with Crippen LogP contribution in [0.15, 0.2) is 0 Å². The van der Waals surface area contributed by atoms with Crippen LogP contribution in [0.5, 0.6) is 0 Å². The van der Waals surface area contributed by atoms with Gasteiger partial charge in [-0.2, -0.15) is 0 Å². The predicted molar refractivity (Wildman–Crippen MR) is 56.1 cm³/mol. The van der Waals surface area contributed by atoms with Crippen LogP contribution in [0.4, 0.5) is 0 Å². The van der Waals surface area contributed by atoms with Crippen molar-refractivity contribution in [1.29, 1.82) is 0 Å². The quantitative estimate of drug-likeness (QED) is 0.642. The molecule has 0 aromatic carbocycles. The Labute approximate surface area is 90.0 Å². The molecule has 0 radical (unpaired) electrons. The fraction of sp³-hybridized carbons (Fsp3) is 0.818. The first-order valence-corrected chi connectivity index (χ1v) is 5.76. The van der Waals surface area contributed by atoms with Gasteiger partial charge in [-0.3, -0.25) is 9.59 Å². The van der Waals surface area contributed by atoms with Gasteiger partial charge >= 0.3 is 11.8 Å². The van der Waals surface area contributed by atoms with Gasteiger partial charge in [-0.25, -0.2) is 0 Å². The maximum atomic E-state index is 11.7. The molecule has 2 amide bonds. The number of likely N-dealkylation sites (tertiary alicyclic amines) is 1. The number of amides is 2. The Morgan fingerprint density at radius 1 is 1.13 bits per heavy atom. The van der Waals surface area contributed by atoms with E-state index in [0.717, 1.165) is 38.8 Å². The van der Waals surface area contributed by atoms with Gasteiger partial charge in [0.05, 0.1) is 0 Å². The van der Waals surface area contributed by atoms with Crippen LogP contribution in [-0.2, 0) is 9.59 Å². The molecule has 0 unspecified atom stereocenters. The molecule has 0 atom stereocenters. The van der Waals surface area contributed by atoms with Crippen molar-refractivity contribution in [3.8, 4) is 0 Å². The van der Waals surface area contributed by atoms with Gasteiger partial charge < -0.3 is 10.2 Å². The van der Waals surface area contributed by atoms with E-state index in [4.69, 9.17) is 0 Å². The number of nitrogens with zero attached hydrogens (tertiary/aromatic N) is 1. The van der Waals surface area contributed by atoms with E-state index in [1.807, 2.05) is 0 Å². The predicted octanol–water partition coefficient (Wildman–Crippen LogP) is 0.523. The number of hydrogen-bond acceptors (Lipinski definition) is 2. The van der Waals surface area contributed by atoms with Crippen molar-refractivity contribution in [2.24, 2.45) is 5.92 Å². The number of hydrogen-bond donors (Lipinski definition) is 1. The summed E-state index contributed by atoms with van der Waals surface area (Å²) in [7, 11) is 0. The van der Waals surface area contributed by atoms with Crippen LogP contribution >= 0.6 is 0 Å². The molecule has 0 bridgehead atoms. The van der Waals surface area contributed by atoms with Crippen molar-refractivity contribution in [1.82, 2.24) is 10.2 Å². The number of nitrogens with one attached hydrogen (secondary N) is 1. The summed E-state index contributed by atoms with van der Waals surface area (Å²) in [5.41, 5.74) is 0. The first-order valence-electron chi connectivity index (χ1n) is 5.76. The maximum Gasteiger partial charge on any atom is 0.311 e. The third-order valence-corrected chi connectivity index (χ3v) is 3.18. The van der Waals surface area contributed by atoms with Crippen molar-refractivity contribution < 1.29 is 9.59 Å². The van der Waals surface area contributed by atoms with Gasteiger partial charge in [-0.05, 0) is 31.6 Å². The molecule has 15 heavy (non-hydrogen) atoms. The molecule has 1 aliphatic heterocycles. The van der Waals surface area contributed by atoms with Crippen molar-refractivity contribution in [3.05, 3.63) is 0 Å². The first-order chi connectivity index (χ1) is 7.16. The summed E-state index contributed by atoms with van der Waals surface area (Å²) < 4.78 is 0. The van der Waals surface area contributed by atoms with Gasteiger partial charge in [0.2, 0.25) is 0 Å². The maximum absolute atomic E-state index is 11.7. The second-order valence-electron chi connectivity index (χ2n) is 4.72. The molecule has 4 nitrogen and oxygen atoms in total. The van der Waals surface area contributed by atoms with E-state index in [0.29, 0.717) is 5.92 Å². The molecule has 2 aliphatic rings. The Kier molecular flexibility index (Phi) is 2.93. The summed E-state index contributed by atoms with van der Waals surface area (Å²) in [4.78, 5) is 24.8. The average molecular weight is 210 g/mol. The number of piperidine rings is 1. The van der Waals surface area contributed by atoms with Gasteiger partial charge in [0, 0.05) is 19.1 Å². The Morgan fingerprint density at radius 3 is 2.27 bits per heavy atom. The Bertz CT molecular complexity index is 266. The Morgan fingerprint density at radius 2 is 1.73 bits per heavy atom. The smallest absolute Gasteiger partial charge is 0.311 e. The zero-order valence-electron chi connectivity index (χ0n) is 9.16. The highest BCUT2D eigenvalue weighted by molar-refractivity contribution is 6.35. The van der Waals surface area contributed by atoms with Crippen molar-refractivity contribution in [2.45, 2.75) is 38.6 Å². The van der Waals surface area contributed by atoms with Crippen LogP contribution in [0.3, 0.4) is 0 Å². The highest BCUT2D eigenvalue weighted by Gasteiger charge is 2.30. The van der Waals surface area contributed by atoms with Crippen LogP contribution in [0.2, 0.25) is 0 Å². The molecule has 2 rings (SSSR count). The number of carbonyl (C=O) groups is 2. The third kappa shape index (κ3) is 2.70. The second kappa shape index (κ2) is 4.21. The van der Waals surface area contributed by atoms with E-state index in [2.05, 4.69) is 12.2 Å². The van der Waals surface area contributed by atoms with Crippen LogP contribution < -0.4 is 5.32 Å². The Hall–Kier alpha value is -1.06. The van der Waals surface area contributed by atoms with Gasteiger partial charge in [0.25, 0.3) is 0 Å². The molecule has 1 saturated heterocycles. The van der Waals surface area contributed by atoms with E-state index in [1.165, 1.54) is 0 Å². The fourth-order valence-corrected chi connectivity index (χ4v) is 1.83. The van der Waals surface area contributed by atoms with E-state index >= 15 is 0 Å². The number of carbonyl (C=O) groups excluding carboxylic acids is 2. The van der Waals surface area contributed by atoms with E-state index in [9.17, 15) is 9.59 Å². The molecular formula is C11H18N2O2. The molecule has 2 fully saturated rings. The Balaban J connectivity index is 1.81. The standard InChI is InChI=1S/C11H18N2O2/c1-8-4-6-13(7-5-8)11(15)10(14)12-9-2-3-9/h8-9H,2-7H2,1H3,(H,12,14). The van der Waals surface area contributed by atoms with Crippen LogP contribution in [0, 0.1) is 5.92 Å². The lowest BCUT2D eigenvalue weighted by atomic mass is 9.99. The molecule has 1 aliphatic carbocycles. The lowest BCUT2D eigenvalue weighted by Crippen LogP contribution is -2.46. The highest BCUT2D eigenvalue weighted by Crippen LogP contribution is 2.19. The number of rotatable bonds is 1. The van der Waals surface area contributed by atoms with Crippen molar-refractivity contribution >= 4 is 11.8 Å². The summed E-state index contributed by atoms with van der Waals surface area (Å²) in [5.74, 6) is -0.0682. The normalized spacial score (nSPS) is 22.6. The van der Waals surface area contributed by atoms with Crippen molar-refractivity contribution in [2.75, 3.05) is 13.1 Å². The molecule has 0 aromatic rings. The monoisotopic (exact) mass is 210 g/mol. The van der Waals surface area contributed by atoms with Gasteiger partial charge in [0.15, 0.2) is 0 Å². The molecule has 1 saturated carbocycles. The van der Waals surface area contributed by atoms with Gasteiger partial charge in [0.1, 0.15) is 0 Å². The first kappa shape index (κ1) is 10.5. The summed E-state index contributed by atoms with van der Waals surface area (Å²) in [5, 5.41) is 2.73. The molecule has 0 aromatic heterocycles. The summed E-state index contributed by atoms with van der Waals surface area (Å²) in [6, 6.07) is 0.269. The molecule has 0 spiro atoms. The minimum Gasteiger partial charge on any atom is -0.345 e. The van der Waals surface area contributed by atoms with E-state index < -0.39 is 5.91 Å². The summed E-state index contributed by atoms with van der Waals surface area (Å²) >= 11 is 0. The average Bonchev–Trinajstić information content (AvgIpc) is 3.02. The molecular weight excluding hydrogens is 192 g/mol. The zero-order valence-corrected chi connectivity index (χ0v) is 9.16. The molecule has 1 heterocycles. The summed E-state index contributed by atoms with van der Waals surface area (Å²) in [6.07, 6.45) is 4.08. The second-order valence-corrected chi connectivity index (χ2v) is 4.72. The van der Waals surface area contributed by atoms with Crippen LogP contribution in [-0.4, -0.2) is 35.8 Å². The van der Waals surface area contributed by atoms with E-state index in [-0.39, 0.29) is 11.9 Å². The topological polar surface area (TPSA) is 49.4 Å². The van der Waals surface area contributed by atoms with Crippen LogP contribution in [0.1, 0.15) is 32.6 Å². The third-order valence-electron chi connectivity index (χ3n) is 3.18. The molecule has 4 heteroatoms. The van der Waals surface area contributed by atoms with Crippen molar-refractivity contribution in [3.63, 3.8) is 0 Å². The zero-order chi connectivity index (χ0) is 10.8. The fourth-order valence-electron chi connectivity index (χ4n) is 1.83. The largest absolute Gasteiger partial charge is 0.345 e. The lowest BCUT2D eigenvalue weighted by Gasteiger charge is -2.29. The SMILES string of the molecule is CC1CCN(C(=O)C(=O)NC2CC2)CC1. The minimum atomic E-state index is -0.410. The lowest BCUT2D eigenvalue weighted by molar-refractivity contribution is -0.146. The summed E-state index contributed by atoms with van der Waals surface area (Å²) in [6.45, 7) is 3.66.